The van der Waals surface area contributed by atoms with Crippen LogP contribution in [0.5, 0.6) is 0 Å². The quantitative estimate of drug-likeness (QED) is 0.00548. The van der Waals surface area contributed by atoms with Gasteiger partial charge >= 0.3 is 11.9 Å². The highest BCUT2D eigenvalue weighted by Crippen LogP contribution is 2.20. The molecule has 2 aliphatic heterocycles. The maximum absolute atomic E-state index is 14.6. The van der Waals surface area contributed by atoms with Gasteiger partial charge in [0.2, 0.25) is 82.7 Å². The Balaban J connectivity index is 1.87. The molecule has 15 atom stereocenters. The highest BCUT2D eigenvalue weighted by molar-refractivity contribution is 7.80. The van der Waals surface area contributed by atoms with Gasteiger partial charge in [-0.15, -0.1) is 0 Å². The molecule has 2 saturated heterocycles. The average molecular weight is 1760 g/mol. The van der Waals surface area contributed by atoms with Crippen molar-refractivity contribution in [3.05, 3.63) is 28.7 Å². The number of aromatic amines is 1. The number of imidazole rings is 1. The van der Waals surface area contributed by atoms with Crippen LogP contribution in [0.3, 0.4) is 0 Å². The third-order valence-corrected chi connectivity index (χ3v) is 19.9. The van der Waals surface area contributed by atoms with Crippen LogP contribution in [-0.4, -0.2) is 298 Å². The number of aromatic nitrogens is 2. The van der Waals surface area contributed by atoms with E-state index in [1.807, 2.05) is 0 Å². The average Bonchev–Trinajstić information content (AvgIpc) is 1.71. The largest absolute Gasteiger partial charge is 0.481 e. The van der Waals surface area contributed by atoms with Crippen molar-refractivity contribution in [2.24, 2.45) is 66.0 Å². The number of carboxylic acid groups (broad SMARTS) is 2. The molecule has 50 nitrogen and oxygen atoms in total. The molecule has 0 radical (unpaired) electrons. The van der Waals surface area contributed by atoms with Gasteiger partial charge in [0.1, 0.15) is 78.5 Å². The lowest BCUT2D eigenvalue weighted by molar-refractivity contribution is -0.143. The Morgan fingerprint density at radius 3 is 1.39 bits per heavy atom. The minimum absolute atomic E-state index is 0.00141. The van der Waals surface area contributed by atoms with Crippen LogP contribution in [-0.2, 0) is 83.1 Å². The van der Waals surface area contributed by atoms with Crippen molar-refractivity contribution >= 4 is 125 Å². The summed E-state index contributed by atoms with van der Waals surface area (Å²) in [6.45, 7) is 4.03. The Morgan fingerprint density at radius 1 is 0.512 bits per heavy atom. The van der Waals surface area contributed by atoms with Gasteiger partial charge in [0.15, 0.2) is 17.9 Å². The number of carbonyl (C=O) groups is 16. The number of nitrogens with zero attached hydrogens (tertiary/aromatic N) is 8. The standard InChI is InChI=1S/C72H125N31O19S/c1-38(91-66(118)51(36-123)100-63(115)45(15-4-7-25-73)94-61(113)47(20-12-29-85-71(77)78)96-67(119)52-22-14-32-103(52)53(105)35-87-58(110)43(19-11-28-84-70(75)76)93-59(111)42-18-10-27-83-42)56(108)92-44(17-6-9-31-89-102-81)60(112)95-46(16-5-8-26-74)64(116)101-55(40(3)104)68(120)97-48(21-13-30-86-72(79)80)62(114)99-50(33-41-34-82-37-88-41)65(117)90-39(2)57(109)98-49(69(121)122)23-24-54(106)107/h34,37-40,42-52,55,83,104,123H,4-33,35-36,73-74H2,1-3H3,(H,82,88)(H,87,110)(H,90,117)(H,91,118)(H,92,108)(H,93,111)(H,94,113)(H,95,112)(H,96,119)(H,97,120)(H,98,109)(H,99,114)(H,100,115)(H,101,116)(H,106,107)(H,121,122)(H4,75,76,84)(H4,77,78,85)(H4,79,80,86)/t38-,39-,40+,42-,43-,44-,45-,46-,47-,48-,49-,50-,51-,52-,55-/m0/s1. The predicted octanol–water partition coefficient (Wildman–Crippen LogP) is -9.17. The molecule has 3 rings (SSSR count). The van der Waals surface area contributed by atoms with Crippen molar-refractivity contribution in [1.29, 1.82) is 0 Å². The first-order valence-electron chi connectivity index (χ1n) is 40.7. The highest BCUT2D eigenvalue weighted by Gasteiger charge is 2.40. The number of H-pyrrole nitrogens is 1. The maximum Gasteiger partial charge on any atom is 0.326 e. The molecule has 34 N–H and O–H groups in total. The third-order valence-electron chi connectivity index (χ3n) is 19.5. The van der Waals surface area contributed by atoms with Crippen LogP contribution in [0.25, 0.3) is 10.4 Å². The van der Waals surface area contributed by atoms with E-state index in [4.69, 9.17) is 56.5 Å². The molecular weight excluding hydrogens is 1640 g/mol. The van der Waals surface area contributed by atoms with Gasteiger partial charge in [-0.2, -0.15) is 12.6 Å². The summed E-state index contributed by atoms with van der Waals surface area (Å²) < 4.78 is 0. The molecule has 0 unspecified atom stereocenters. The molecule has 0 aliphatic carbocycles. The van der Waals surface area contributed by atoms with Crippen LogP contribution >= 0.6 is 12.6 Å². The van der Waals surface area contributed by atoms with Crippen molar-refractivity contribution < 1.29 is 92.0 Å². The fourth-order valence-electron chi connectivity index (χ4n) is 12.8. The third kappa shape index (κ3) is 40.5. The fourth-order valence-corrected chi connectivity index (χ4v) is 13.0. The highest BCUT2D eigenvalue weighted by atomic mass is 32.1. The van der Waals surface area contributed by atoms with E-state index in [2.05, 4.69) is 122 Å². The van der Waals surface area contributed by atoms with Gasteiger partial charge in [-0.1, -0.05) is 11.5 Å². The number of hydrogen-bond acceptors (Lipinski definition) is 26. The van der Waals surface area contributed by atoms with Gasteiger partial charge in [0, 0.05) is 68.1 Å². The number of likely N-dealkylation sites (tertiary alicyclic amines) is 1. The molecule has 51 heteroatoms. The lowest BCUT2D eigenvalue weighted by Crippen LogP contribution is -2.62. The molecule has 688 valence electrons. The summed E-state index contributed by atoms with van der Waals surface area (Å²) in [5.74, 6) is -16.5. The fraction of sp³-hybridized carbons (Fsp3) is 0.694. The Morgan fingerprint density at radius 2 is 0.943 bits per heavy atom. The van der Waals surface area contributed by atoms with E-state index in [9.17, 15) is 86.9 Å². The number of carboxylic acids is 2. The van der Waals surface area contributed by atoms with E-state index in [-0.39, 0.29) is 159 Å². The summed E-state index contributed by atoms with van der Waals surface area (Å²) in [5.41, 5.74) is 54.0. The second-order valence-corrected chi connectivity index (χ2v) is 29.8. The zero-order chi connectivity index (χ0) is 91.7. The molecule has 14 amide bonds. The SMILES string of the molecule is C[C@H](NC(=O)[C@H](CS)NC(=O)[C@H](CCCCN)NC(=O)[C@H](CCCN=C(N)N)NC(=O)[C@@H]1CCCN1C(=O)CNC(=O)[C@H](CCCN=C(N)N)NC(=O)[C@@H]1CCCN1)C(=O)N[C@@H](CCCCN=[N+]=[N-])C(=O)N[C@@H](CCCCN)C(=O)N[C@H](C(=O)N[C@@H](CCCN=C(N)N)C(=O)N[C@@H](Cc1cnc[nH]1)C(=O)N[C@@H](C)C(=O)N[C@@H](CCC(=O)O)C(=O)O)[C@@H](C)O. The summed E-state index contributed by atoms with van der Waals surface area (Å²) in [4.78, 5) is 242. The van der Waals surface area contributed by atoms with Crippen LogP contribution < -0.4 is 120 Å². The maximum atomic E-state index is 14.6. The van der Waals surface area contributed by atoms with E-state index in [0.717, 1.165) is 13.3 Å². The van der Waals surface area contributed by atoms with Crippen molar-refractivity contribution in [3.63, 3.8) is 0 Å². The predicted molar refractivity (Wildman–Crippen MR) is 449 cm³/mol. The monoisotopic (exact) mass is 1760 g/mol. The Labute approximate surface area is 715 Å². The number of thiol groups is 1. The Hall–Kier alpha value is -12.0. The van der Waals surface area contributed by atoms with Crippen LogP contribution in [0.2, 0.25) is 0 Å². The van der Waals surface area contributed by atoms with Crippen molar-refractivity contribution in [2.45, 2.75) is 253 Å². The summed E-state index contributed by atoms with van der Waals surface area (Å²) in [7, 11) is 0. The van der Waals surface area contributed by atoms with E-state index in [1.54, 1.807) is 0 Å². The number of nitrogens with one attached hydrogen (secondary N) is 15. The van der Waals surface area contributed by atoms with Gasteiger partial charge in [0.25, 0.3) is 0 Å². The lowest BCUT2D eigenvalue weighted by atomic mass is 10.0. The minimum Gasteiger partial charge on any atom is -0.481 e. The molecule has 0 spiro atoms. The zero-order valence-electron chi connectivity index (χ0n) is 69.5. The van der Waals surface area contributed by atoms with Gasteiger partial charge < -0.3 is 146 Å². The number of guanidine groups is 3. The number of carbonyl (C=O) groups excluding carboxylic acids is 14. The number of aliphatic imine (C=N–C) groups is 3. The molecule has 0 aromatic carbocycles. The lowest BCUT2D eigenvalue weighted by Gasteiger charge is -2.29. The topological polar surface area (TPSA) is 828 Å². The van der Waals surface area contributed by atoms with Gasteiger partial charge in [-0.05, 0) is 168 Å². The summed E-state index contributed by atoms with van der Waals surface area (Å²) in [5, 5.41) is 69.2. The first-order valence-corrected chi connectivity index (χ1v) is 41.3. The van der Waals surface area contributed by atoms with E-state index < -0.39 is 210 Å². The van der Waals surface area contributed by atoms with Gasteiger partial charge in [-0.25, -0.2) is 9.78 Å². The summed E-state index contributed by atoms with van der Waals surface area (Å²) >= 11 is 4.31. The second-order valence-electron chi connectivity index (χ2n) is 29.4. The molecular formula is C72H125N31O19S. The van der Waals surface area contributed by atoms with Gasteiger partial charge in [-0.3, -0.25) is 86.9 Å². The number of aliphatic hydroxyl groups is 1. The number of azide groups is 1. The molecule has 2 aliphatic rings. The van der Waals surface area contributed by atoms with Crippen molar-refractivity contribution in [2.75, 3.05) is 64.7 Å². The van der Waals surface area contributed by atoms with E-state index in [0.29, 0.717) is 38.6 Å². The van der Waals surface area contributed by atoms with Crippen LogP contribution in [0, 0.1) is 0 Å². The molecule has 0 bridgehead atoms. The second kappa shape index (κ2) is 57.4. The van der Waals surface area contributed by atoms with Crippen molar-refractivity contribution in [3.8, 4) is 0 Å². The normalized spacial score (nSPS) is 16.6. The van der Waals surface area contributed by atoms with Crippen molar-refractivity contribution in [1.82, 2.24) is 89.3 Å². The first kappa shape index (κ1) is 105. The number of hydrogen-bond donors (Lipinski definition) is 27. The zero-order valence-corrected chi connectivity index (χ0v) is 70.4. The number of unbranched alkanes of at least 4 members (excludes halogenated alkanes) is 3. The van der Waals surface area contributed by atoms with Gasteiger partial charge in [0.05, 0.1) is 25.0 Å². The molecule has 1 aromatic heterocycles. The number of aliphatic hydroxyl groups excluding tert-OH is 1. The van der Waals surface area contributed by atoms with E-state index >= 15 is 0 Å². The number of amides is 14. The summed E-state index contributed by atoms with van der Waals surface area (Å²) in [6.07, 6.45) is 2.38. The number of rotatable bonds is 60. The molecule has 2 fully saturated rings. The Bertz CT molecular complexity index is 3800. The molecule has 0 saturated carbocycles. The molecule has 123 heavy (non-hydrogen) atoms. The minimum atomic E-state index is -1.90. The first-order chi connectivity index (χ1) is 58.4. The summed E-state index contributed by atoms with van der Waals surface area (Å²) in [6, 6.07) is -19.8. The number of nitrogens with two attached hydrogens (primary N) is 8. The molecule has 1 aromatic rings. The Kier molecular flexibility index (Phi) is 49.1. The van der Waals surface area contributed by atoms with E-state index in [1.165, 1.54) is 31.3 Å². The smallest absolute Gasteiger partial charge is 0.326 e. The number of aliphatic carboxylic acids is 2. The molecule has 3 heterocycles. The van der Waals surface area contributed by atoms with Crippen LogP contribution in [0.15, 0.2) is 32.6 Å². The van der Waals surface area contributed by atoms with Crippen LogP contribution in [0.4, 0.5) is 0 Å². The van der Waals surface area contributed by atoms with Crippen LogP contribution in [0.1, 0.15) is 161 Å².